The maximum absolute atomic E-state index is 11.8. The monoisotopic (exact) mass is 328 g/mol. The van der Waals surface area contributed by atoms with Crippen LogP contribution in [0.5, 0.6) is 11.5 Å². The normalized spacial score (nSPS) is 10.3. The van der Waals surface area contributed by atoms with E-state index in [2.05, 4.69) is 18.6 Å². The Morgan fingerprint density at radius 2 is 1.50 bits per heavy atom. The largest absolute Gasteiger partial charge is 0.482 e. The van der Waals surface area contributed by atoms with Crippen LogP contribution >= 0.6 is 0 Å². The molecule has 126 valence electrons. The van der Waals surface area contributed by atoms with Crippen molar-refractivity contribution in [3.8, 4) is 11.5 Å². The van der Waals surface area contributed by atoms with Crippen molar-refractivity contribution >= 4 is 11.9 Å². The van der Waals surface area contributed by atoms with Gasteiger partial charge in [0.05, 0.1) is 12.7 Å². The number of hydrogen-bond donors (Lipinski definition) is 0. The van der Waals surface area contributed by atoms with Gasteiger partial charge in [0.25, 0.3) is 0 Å². The first-order chi connectivity index (χ1) is 11.5. The molecule has 0 atom stereocenters. The molecular formula is C19H20O5. The van der Waals surface area contributed by atoms with Crippen LogP contribution < -0.4 is 9.47 Å². The van der Waals surface area contributed by atoms with Crippen LogP contribution in [0.3, 0.4) is 0 Å². The van der Waals surface area contributed by atoms with Crippen molar-refractivity contribution in [2.24, 2.45) is 0 Å². The van der Waals surface area contributed by atoms with E-state index in [4.69, 9.17) is 9.47 Å². The van der Waals surface area contributed by atoms with Crippen molar-refractivity contribution in [1.82, 2.24) is 0 Å². The molecular weight excluding hydrogens is 308 g/mol. The van der Waals surface area contributed by atoms with Gasteiger partial charge in [-0.2, -0.15) is 0 Å². The molecule has 0 heterocycles. The topological polar surface area (TPSA) is 61.8 Å². The lowest BCUT2D eigenvalue weighted by Crippen LogP contribution is -2.17. The lowest BCUT2D eigenvalue weighted by molar-refractivity contribution is -0.136. The van der Waals surface area contributed by atoms with Gasteiger partial charge in [0, 0.05) is 0 Å². The number of hydrogen-bond acceptors (Lipinski definition) is 5. The Balaban J connectivity index is 1.85. The molecule has 0 amide bonds. The average molecular weight is 328 g/mol. The highest BCUT2D eigenvalue weighted by molar-refractivity contribution is 5.89. The molecule has 0 spiro atoms. The van der Waals surface area contributed by atoms with E-state index in [0.29, 0.717) is 23.0 Å². The highest BCUT2D eigenvalue weighted by Crippen LogP contribution is 2.19. The molecule has 0 fully saturated rings. The van der Waals surface area contributed by atoms with Gasteiger partial charge in [-0.1, -0.05) is 26.0 Å². The Hall–Kier alpha value is -2.82. The van der Waals surface area contributed by atoms with Crippen molar-refractivity contribution in [3.63, 3.8) is 0 Å². The third-order valence-corrected chi connectivity index (χ3v) is 3.41. The van der Waals surface area contributed by atoms with Crippen molar-refractivity contribution in [2.75, 3.05) is 13.7 Å². The molecule has 0 saturated carbocycles. The molecule has 2 aromatic carbocycles. The maximum Gasteiger partial charge on any atom is 0.349 e. The third-order valence-electron chi connectivity index (χ3n) is 3.41. The molecule has 5 nitrogen and oxygen atoms in total. The highest BCUT2D eigenvalue weighted by Gasteiger charge is 2.09. The molecule has 2 aromatic rings. The smallest absolute Gasteiger partial charge is 0.349 e. The summed E-state index contributed by atoms with van der Waals surface area (Å²) in [5, 5.41) is 0. The molecule has 2 rings (SSSR count). The minimum atomic E-state index is -0.520. The predicted octanol–water partition coefficient (Wildman–Crippen LogP) is 3.58. The van der Waals surface area contributed by atoms with E-state index in [-0.39, 0.29) is 6.61 Å². The Morgan fingerprint density at radius 1 is 0.917 bits per heavy atom. The summed E-state index contributed by atoms with van der Waals surface area (Å²) in [6.45, 7) is 4.02. The van der Waals surface area contributed by atoms with E-state index in [1.807, 2.05) is 24.3 Å². The Bertz CT molecular complexity index is 687. The molecule has 0 aliphatic rings. The number of esters is 2. The number of carbonyl (C=O) groups excluding carboxylic acids is 2. The minimum Gasteiger partial charge on any atom is -0.482 e. The van der Waals surface area contributed by atoms with Gasteiger partial charge in [-0.3, -0.25) is 0 Å². The quantitative estimate of drug-likeness (QED) is 0.599. The molecule has 24 heavy (non-hydrogen) atoms. The van der Waals surface area contributed by atoms with E-state index >= 15 is 0 Å². The fourth-order valence-corrected chi connectivity index (χ4v) is 2.03. The molecule has 0 radical (unpaired) electrons. The van der Waals surface area contributed by atoms with Gasteiger partial charge in [-0.25, -0.2) is 9.59 Å². The average Bonchev–Trinajstić information content (AvgIpc) is 2.60. The third kappa shape index (κ3) is 4.84. The molecule has 0 aliphatic carbocycles. The Labute approximate surface area is 141 Å². The van der Waals surface area contributed by atoms with Crippen molar-refractivity contribution in [2.45, 2.75) is 19.8 Å². The summed E-state index contributed by atoms with van der Waals surface area (Å²) in [5.74, 6) is 0.426. The second kappa shape index (κ2) is 8.15. The van der Waals surface area contributed by atoms with Gasteiger partial charge in [-0.15, -0.1) is 0 Å². The fraction of sp³-hybridized carbons (Fsp3) is 0.263. The molecule has 0 saturated heterocycles. The highest BCUT2D eigenvalue weighted by atomic mass is 16.6. The Morgan fingerprint density at radius 3 is 2.04 bits per heavy atom. The van der Waals surface area contributed by atoms with Crippen molar-refractivity contribution < 1.29 is 23.8 Å². The van der Waals surface area contributed by atoms with Crippen LogP contribution in [0.1, 0.15) is 35.7 Å². The zero-order chi connectivity index (χ0) is 17.5. The molecule has 0 bridgehead atoms. The fourth-order valence-electron chi connectivity index (χ4n) is 2.03. The lowest BCUT2D eigenvalue weighted by Gasteiger charge is -2.09. The molecule has 0 N–H and O–H groups in total. The van der Waals surface area contributed by atoms with Crippen LogP contribution in [0.15, 0.2) is 48.5 Å². The number of ether oxygens (including phenoxy) is 3. The van der Waals surface area contributed by atoms with Crippen LogP contribution in [0.2, 0.25) is 0 Å². The van der Waals surface area contributed by atoms with E-state index in [1.54, 1.807) is 0 Å². The van der Waals surface area contributed by atoms with Gasteiger partial charge in [0.2, 0.25) is 0 Å². The Kier molecular flexibility index (Phi) is 5.95. The van der Waals surface area contributed by atoms with Gasteiger partial charge < -0.3 is 14.2 Å². The summed E-state index contributed by atoms with van der Waals surface area (Å²) in [4.78, 5) is 23.1. The van der Waals surface area contributed by atoms with Gasteiger partial charge in [-0.05, 0) is 47.9 Å². The van der Waals surface area contributed by atoms with Gasteiger partial charge in [0.15, 0.2) is 6.61 Å². The van der Waals surface area contributed by atoms with Crippen LogP contribution in [0.4, 0.5) is 0 Å². The predicted molar refractivity (Wildman–Crippen MR) is 89.4 cm³/mol. The summed E-state index contributed by atoms with van der Waals surface area (Å²) in [6, 6.07) is 13.7. The summed E-state index contributed by atoms with van der Waals surface area (Å²) >= 11 is 0. The second-order valence-electron chi connectivity index (χ2n) is 5.50. The summed E-state index contributed by atoms with van der Waals surface area (Å²) in [6.07, 6.45) is 0. The van der Waals surface area contributed by atoms with Crippen LogP contribution in [-0.2, 0) is 9.53 Å². The number of methoxy groups -OCH3 is 1. The van der Waals surface area contributed by atoms with E-state index in [1.165, 1.54) is 36.9 Å². The van der Waals surface area contributed by atoms with E-state index in [0.717, 1.165) is 0 Å². The van der Waals surface area contributed by atoms with Crippen LogP contribution in [0, 0.1) is 0 Å². The number of benzene rings is 2. The number of rotatable bonds is 6. The summed E-state index contributed by atoms with van der Waals surface area (Å²) in [7, 11) is 1.31. The SMILES string of the molecule is COC(=O)c1ccc(OC(=O)COc2ccc(C(C)C)cc2)cc1. The van der Waals surface area contributed by atoms with Crippen LogP contribution in [-0.4, -0.2) is 25.7 Å². The van der Waals surface area contributed by atoms with Crippen molar-refractivity contribution in [1.29, 1.82) is 0 Å². The van der Waals surface area contributed by atoms with Crippen LogP contribution in [0.25, 0.3) is 0 Å². The van der Waals surface area contributed by atoms with E-state index < -0.39 is 11.9 Å². The zero-order valence-corrected chi connectivity index (χ0v) is 13.9. The first kappa shape index (κ1) is 17.5. The standard InChI is InChI=1S/C19H20O5/c1-13(2)14-4-8-16(9-5-14)23-12-18(20)24-17-10-6-15(7-11-17)19(21)22-3/h4-11,13H,12H2,1-3H3. The summed E-state index contributed by atoms with van der Waals surface area (Å²) in [5.41, 5.74) is 1.59. The second-order valence-corrected chi connectivity index (χ2v) is 5.50. The first-order valence-electron chi connectivity index (χ1n) is 7.61. The molecule has 0 unspecified atom stereocenters. The summed E-state index contributed by atoms with van der Waals surface area (Å²) < 4.78 is 15.2. The maximum atomic E-state index is 11.8. The molecule has 0 aromatic heterocycles. The minimum absolute atomic E-state index is 0.195. The van der Waals surface area contributed by atoms with Crippen molar-refractivity contribution in [3.05, 3.63) is 59.7 Å². The van der Waals surface area contributed by atoms with Gasteiger partial charge in [0.1, 0.15) is 11.5 Å². The molecule has 0 aliphatic heterocycles. The lowest BCUT2D eigenvalue weighted by atomic mass is 10.0. The van der Waals surface area contributed by atoms with Gasteiger partial charge >= 0.3 is 11.9 Å². The first-order valence-corrected chi connectivity index (χ1v) is 7.61. The van der Waals surface area contributed by atoms with E-state index in [9.17, 15) is 9.59 Å². The number of carbonyl (C=O) groups is 2. The molecule has 5 heteroatoms. The zero-order valence-electron chi connectivity index (χ0n) is 13.9.